The van der Waals surface area contributed by atoms with Crippen LogP contribution >= 0.6 is 0 Å². The van der Waals surface area contributed by atoms with Crippen LogP contribution in [0.1, 0.15) is 65.4 Å². The van der Waals surface area contributed by atoms with Gasteiger partial charge >= 0.3 is 6.09 Å². The van der Waals surface area contributed by atoms with E-state index < -0.39 is 37.7 Å². The number of carbonyl (C=O) groups is 3. The lowest BCUT2D eigenvalue weighted by molar-refractivity contribution is -0.149. The van der Waals surface area contributed by atoms with Gasteiger partial charge in [0.15, 0.2) is 5.60 Å². The SMILES string of the molecule is CC(C)=CCC/C(C)=C/CN1C(=O)[C@]2(O[C@H](CC(=O)N3CCC[C@H]3CO)[C@@H]([Si](C)(C)F)[C@@H]2C)c2cc(N3CCOC3=O)ccc21. The van der Waals surface area contributed by atoms with Crippen molar-refractivity contribution in [3.05, 3.63) is 47.1 Å². The number of nitrogens with zero attached hydrogens (tertiary/aromatic N) is 3. The number of rotatable bonds is 10. The van der Waals surface area contributed by atoms with E-state index in [-0.39, 0.29) is 37.5 Å². The second-order valence-corrected chi connectivity index (χ2v) is 17.6. The number of allylic oxidation sites excluding steroid dienone is 3. The van der Waals surface area contributed by atoms with E-state index in [2.05, 4.69) is 32.9 Å². The molecule has 5 atom stereocenters. The summed E-state index contributed by atoms with van der Waals surface area (Å²) < 4.78 is 28.3. The first-order valence-corrected chi connectivity index (χ1v) is 19.2. The van der Waals surface area contributed by atoms with Crippen LogP contribution in [0.2, 0.25) is 18.6 Å². The molecule has 4 aliphatic heterocycles. The number of likely N-dealkylation sites (tertiary alicyclic amines) is 1. The number of hydrogen-bond donors (Lipinski definition) is 1. The molecule has 45 heavy (non-hydrogen) atoms. The molecule has 9 nitrogen and oxygen atoms in total. The van der Waals surface area contributed by atoms with Crippen molar-refractivity contribution in [3.8, 4) is 0 Å². The third kappa shape index (κ3) is 6.23. The quantitative estimate of drug-likeness (QED) is 0.196. The maximum absolute atomic E-state index is 16.3. The maximum Gasteiger partial charge on any atom is 0.414 e. The fraction of sp³-hybridized carbons (Fsp3) is 0.618. The molecule has 0 radical (unpaired) electrons. The van der Waals surface area contributed by atoms with E-state index in [0.717, 1.165) is 31.3 Å². The molecular formula is C34H48FN3O6Si. The van der Waals surface area contributed by atoms with Crippen molar-refractivity contribution in [3.63, 3.8) is 0 Å². The number of cyclic esters (lactones) is 1. The summed E-state index contributed by atoms with van der Waals surface area (Å²) in [6.07, 6.45) is 6.24. The highest BCUT2D eigenvalue weighted by Crippen LogP contribution is 2.60. The molecule has 0 bridgehead atoms. The third-order valence-corrected chi connectivity index (χ3v) is 12.5. The van der Waals surface area contributed by atoms with Crippen LogP contribution in [-0.4, -0.2) is 81.3 Å². The van der Waals surface area contributed by atoms with Gasteiger partial charge in [0.1, 0.15) is 6.61 Å². The number of amides is 3. The van der Waals surface area contributed by atoms with Gasteiger partial charge in [0.2, 0.25) is 14.3 Å². The van der Waals surface area contributed by atoms with Crippen LogP contribution in [-0.2, 0) is 24.7 Å². The number of hydrogen-bond acceptors (Lipinski definition) is 6. The van der Waals surface area contributed by atoms with E-state index in [1.165, 1.54) is 10.5 Å². The Kier molecular flexibility index (Phi) is 9.63. The first-order valence-electron chi connectivity index (χ1n) is 16.3. The van der Waals surface area contributed by atoms with Crippen LogP contribution in [0.15, 0.2) is 41.5 Å². The zero-order valence-corrected chi connectivity index (χ0v) is 28.5. The maximum atomic E-state index is 16.3. The van der Waals surface area contributed by atoms with Gasteiger partial charge in [0, 0.05) is 35.8 Å². The van der Waals surface area contributed by atoms with E-state index >= 15 is 4.11 Å². The standard InChI is InChI=1S/C34H48FN3O6Si/c1-22(2)9-7-10-23(3)14-16-38-28-13-12-25(37-17-18-43-33(37)42)19-27(28)34(32(38)41)24(4)31(45(5,6)35)29(44-34)20-30(40)36-15-8-11-26(36)21-39/h9,12-14,19,24,26,29,31,39H,7-8,10-11,15-18,20-21H2,1-6H3/b23-14+/t24-,26-,29+,31-,34+/m0/s1. The number of benzene rings is 1. The molecule has 0 unspecified atom stereocenters. The second-order valence-electron chi connectivity index (χ2n) is 13.8. The Balaban J connectivity index is 1.53. The van der Waals surface area contributed by atoms with Gasteiger partial charge in [-0.1, -0.05) is 30.2 Å². The Morgan fingerprint density at radius 2 is 1.93 bits per heavy atom. The van der Waals surface area contributed by atoms with Crippen molar-refractivity contribution < 1.29 is 33.1 Å². The molecule has 0 aromatic heterocycles. The first-order chi connectivity index (χ1) is 21.3. The van der Waals surface area contributed by atoms with Crippen molar-refractivity contribution in [1.82, 2.24) is 4.90 Å². The van der Waals surface area contributed by atoms with Crippen LogP contribution < -0.4 is 9.80 Å². The van der Waals surface area contributed by atoms with E-state index in [0.29, 0.717) is 36.6 Å². The molecule has 11 heteroatoms. The van der Waals surface area contributed by atoms with Gasteiger partial charge < -0.3 is 28.5 Å². The molecule has 4 aliphatic rings. The summed E-state index contributed by atoms with van der Waals surface area (Å²) in [4.78, 5) is 45.7. The fourth-order valence-corrected chi connectivity index (χ4v) is 10.3. The summed E-state index contributed by atoms with van der Waals surface area (Å²) in [6, 6.07) is 5.22. The molecule has 1 spiro atoms. The molecule has 0 saturated carbocycles. The van der Waals surface area contributed by atoms with E-state index in [9.17, 15) is 19.5 Å². The van der Waals surface area contributed by atoms with Crippen LogP contribution in [0.3, 0.4) is 0 Å². The molecule has 1 aromatic rings. The summed E-state index contributed by atoms with van der Waals surface area (Å²) in [5.41, 5.74) is 2.13. The predicted octanol–water partition coefficient (Wildman–Crippen LogP) is 5.83. The summed E-state index contributed by atoms with van der Waals surface area (Å²) >= 11 is 0. The van der Waals surface area contributed by atoms with E-state index in [4.69, 9.17) is 9.47 Å². The molecule has 246 valence electrons. The molecule has 0 aliphatic carbocycles. The van der Waals surface area contributed by atoms with Gasteiger partial charge in [-0.25, -0.2) is 4.79 Å². The monoisotopic (exact) mass is 641 g/mol. The number of anilines is 2. The van der Waals surface area contributed by atoms with Gasteiger partial charge in [-0.05, 0) is 77.7 Å². The van der Waals surface area contributed by atoms with Gasteiger partial charge in [-0.15, -0.1) is 0 Å². The Morgan fingerprint density at radius 3 is 2.58 bits per heavy atom. The van der Waals surface area contributed by atoms with Gasteiger partial charge in [0.05, 0.1) is 37.4 Å². The van der Waals surface area contributed by atoms with Crippen LogP contribution in [0.4, 0.5) is 20.3 Å². The van der Waals surface area contributed by atoms with Crippen LogP contribution in [0.5, 0.6) is 0 Å². The second kappa shape index (κ2) is 13.0. The zero-order chi connectivity index (χ0) is 32.7. The molecule has 4 heterocycles. The minimum absolute atomic E-state index is 0.0578. The topological polar surface area (TPSA) is 99.6 Å². The number of fused-ring (bicyclic) bond motifs is 2. The summed E-state index contributed by atoms with van der Waals surface area (Å²) in [6.45, 7) is 12.7. The van der Waals surface area contributed by atoms with Crippen molar-refractivity contribution in [2.24, 2.45) is 5.92 Å². The minimum Gasteiger partial charge on any atom is -0.447 e. The Labute approximate surface area is 267 Å². The molecule has 5 rings (SSSR count). The highest BCUT2D eigenvalue weighted by molar-refractivity contribution is 6.72. The molecular weight excluding hydrogens is 593 g/mol. The average Bonchev–Trinajstić information content (AvgIpc) is 3.73. The van der Waals surface area contributed by atoms with Crippen molar-refractivity contribution in [2.45, 2.75) is 96.2 Å². The predicted molar refractivity (Wildman–Crippen MR) is 174 cm³/mol. The number of aliphatic hydroxyl groups excluding tert-OH is 1. The Hall–Kier alpha value is -3.02. The lowest BCUT2D eigenvalue weighted by atomic mass is 9.82. The minimum atomic E-state index is -3.48. The van der Waals surface area contributed by atoms with Gasteiger partial charge in [-0.2, -0.15) is 0 Å². The Bertz CT molecular complexity index is 1390. The van der Waals surface area contributed by atoms with Crippen molar-refractivity contribution in [1.29, 1.82) is 0 Å². The summed E-state index contributed by atoms with van der Waals surface area (Å²) in [7, 11) is -3.48. The summed E-state index contributed by atoms with van der Waals surface area (Å²) in [5.74, 6) is -1.02. The number of halogens is 1. The molecule has 3 saturated heterocycles. The highest BCUT2D eigenvalue weighted by Gasteiger charge is 2.67. The highest BCUT2D eigenvalue weighted by atomic mass is 28.4. The smallest absolute Gasteiger partial charge is 0.414 e. The molecule has 1 N–H and O–H groups in total. The van der Waals surface area contributed by atoms with E-state index in [1.54, 1.807) is 22.9 Å². The Morgan fingerprint density at radius 1 is 1.18 bits per heavy atom. The van der Waals surface area contributed by atoms with Crippen molar-refractivity contribution >= 4 is 37.7 Å². The van der Waals surface area contributed by atoms with E-state index in [1.807, 2.05) is 25.1 Å². The number of aliphatic hydroxyl groups is 1. The average molecular weight is 642 g/mol. The zero-order valence-electron chi connectivity index (χ0n) is 27.5. The van der Waals surface area contributed by atoms with Crippen LogP contribution in [0, 0.1) is 5.92 Å². The number of carbonyl (C=O) groups excluding carboxylic acids is 3. The lowest BCUT2D eigenvalue weighted by Crippen LogP contribution is -2.45. The number of ether oxygens (including phenoxy) is 2. The third-order valence-electron chi connectivity index (χ3n) is 10.0. The summed E-state index contributed by atoms with van der Waals surface area (Å²) in [5, 5.41) is 9.83. The molecule has 3 amide bonds. The van der Waals surface area contributed by atoms with Crippen molar-refractivity contribution in [2.75, 3.05) is 42.6 Å². The molecule has 1 aromatic carbocycles. The lowest BCUT2D eigenvalue weighted by Gasteiger charge is -2.31. The molecule has 3 fully saturated rings. The normalized spacial score (nSPS) is 28.4. The fourth-order valence-electron chi connectivity index (χ4n) is 7.79. The van der Waals surface area contributed by atoms with Crippen LogP contribution in [0.25, 0.3) is 0 Å². The van der Waals surface area contributed by atoms with Gasteiger partial charge in [-0.3, -0.25) is 14.5 Å². The first kappa shape index (κ1) is 33.3. The van der Waals surface area contributed by atoms with Gasteiger partial charge in [0.25, 0.3) is 5.91 Å². The largest absolute Gasteiger partial charge is 0.447 e.